The van der Waals surface area contributed by atoms with E-state index in [1.54, 1.807) is 0 Å². The SMILES string of the molecule is Cc1c(-c2ccc(F)cc2)ncc2nnc(C(F)(F)F)n12. The summed E-state index contributed by atoms with van der Waals surface area (Å²) in [7, 11) is 0. The molecule has 2 aromatic heterocycles. The predicted octanol–water partition coefficient (Wildman–Crippen LogP) is 3.26. The van der Waals surface area contributed by atoms with Crippen LogP contribution in [0.25, 0.3) is 16.9 Å². The summed E-state index contributed by atoms with van der Waals surface area (Å²) in [5.41, 5.74) is 1.06. The summed E-state index contributed by atoms with van der Waals surface area (Å²) in [6.45, 7) is 1.48. The molecule has 1 aromatic carbocycles. The van der Waals surface area contributed by atoms with Crippen LogP contribution in [0, 0.1) is 12.7 Å². The normalized spacial score (nSPS) is 12.0. The molecule has 0 amide bonds. The van der Waals surface area contributed by atoms with Gasteiger partial charge in [-0.3, -0.25) is 9.38 Å². The first-order valence-corrected chi connectivity index (χ1v) is 5.92. The standard InChI is InChI=1S/C13H8F4N4/c1-7-11(8-2-4-9(14)5-3-8)18-6-10-19-20-12(21(7)10)13(15,16)17/h2-6H,1H3. The van der Waals surface area contributed by atoms with Crippen LogP contribution >= 0.6 is 0 Å². The Morgan fingerprint density at radius 2 is 1.71 bits per heavy atom. The maximum Gasteiger partial charge on any atom is 0.452 e. The number of rotatable bonds is 1. The Labute approximate surface area is 116 Å². The Morgan fingerprint density at radius 1 is 1.05 bits per heavy atom. The van der Waals surface area contributed by atoms with Gasteiger partial charge in [0.25, 0.3) is 0 Å². The molecule has 0 atom stereocenters. The Balaban J connectivity index is 2.26. The lowest BCUT2D eigenvalue weighted by Gasteiger charge is -2.10. The average molecular weight is 296 g/mol. The van der Waals surface area contributed by atoms with Crippen molar-refractivity contribution >= 4 is 5.65 Å². The molecule has 2 heterocycles. The second-order valence-electron chi connectivity index (χ2n) is 4.41. The van der Waals surface area contributed by atoms with Crippen molar-refractivity contribution in [2.24, 2.45) is 0 Å². The third kappa shape index (κ3) is 2.22. The largest absolute Gasteiger partial charge is 0.452 e. The lowest BCUT2D eigenvalue weighted by atomic mass is 10.1. The zero-order chi connectivity index (χ0) is 15.2. The maximum atomic E-state index is 12.9. The van der Waals surface area contributed by atoms with Crippen molar-refractivity contribution in [3.63, 3.8) is 0 Å². The van der Waals surface area contributed by atoms with Crippen molar-refractivity contribution in [1.29, 1.82) is 0 Å². The van der Waals surface area contributed by atoms with Crippen molar-refractivity contribution < 1.29 is 17.6 Å². The average Bonchev–Trinajstić information content (AvgIpc) is 2.85. The van der Waals surface area contributed by atoms with Crippen molar-refractivity contribution in [2.45, 2.75) is 13.1 Å². The van der Waals surface area contributed by atoms with Gasteiger partial charge in [0.05, 0.1) is 11.9 Å². The van der Waals surface area contributed by atoms with Gasteiger partial charge in [-0.25, -0.2) is 4.39 Å². The van der Waals surface area contributed by atoms with E-state index in [-0.39, 0.29) is 11.3 Å². The van der Waals surface area contributed by atoms with Crippen LogP contribution in [-0.4, -0.2) is 19.6 Å². The van der Waals surface area contributed by atoms with Crippen LogP contribution in [-0.2, 0) is 6.18 Å². The van der Waals surface area contributed by atoms with Crippen molar-refractivity contribution in [3.8, 4) is 11.3 Å². The molecule has 0 aliphatic rings. The topological polar surface area (TPSA) is 43.1 Å². The summed E-state index contributed by atoms with van der Waals surface area (Å²) in [4.78, 5) is 4.09. The Morgan fingerprint density at radius 3 is 2.33 bits per heavy atom. The molecule has 0 bridgehead atoms. The van der Waals surface area contributed by atoms with Crippen LogP contribution < -0.4 is 0 Å². The van der Waals surface area contributed by atoms with Gasteiger partial charge in [0.1, 0.15) is 5.82 Å². The molecule has 108 valence electrons. The minimum absolute atomic E-state index is 0.00527. The number of hydrogen-bond donors (Lipinski definition) is 0. The van der Waals surface area contributed by atoms with Crippen LogP contribution in [0.4, 0.5) is 17.6 Å². The molecule has 8 heteroatoms. The first kappa shape index (κ1) is 13.5. The molecule has 0 radical (unpaired) electrons. The molecule has 0 aliphatic carbocycles. The van der Waals surface area contributed by atoms with Crippen LogP contribution in [0.2, 0.25) is 0 Å². The van der Waals surface area contributed by atoms with Gasteiger partial charge < -0.3 is 0 Å². The van der Waals surface area contributed by atoms with E-state index >= 15 is 0 Å². The van der Waals surface area contributed by atoms with Gasteiger partial charge in [-0.05, 0) is 31.2 Å². The third-order valence-electron chi connectivity index (χ3n) is 3.05. The molecular weight excluding hydrogens is 288 g/mol. The lowest BCUT2D eigenvalue weighted by molar-refractivity contribution is -0.145. The molecule has 0 spiro atoms. The molecule has 3 rings (SSSR count). The molecular formula is C13H8F4N4. The highest BCUT2D eigenvalue weighted by atomic mass is 19.4. The number of benzene rings is 1. The van der Waals surface area contributed by atoms with Crippen LogP contribution in [0.15, 0.2) is 30.5 Å². The Hall–Kier alpha value is -2.51. The summed E-state index contributed by atoms with van der Waals surface area (Å²) < 4.78 is 52.6. The molecule has 0 fully saturated rings. The maximum absolute atomic E-state index is 12.9. The number of aryl methyl sites for hydroxylation is 1. The fourth-order valence-corrected chi connectivity index (χ4v) is 2.11. The number of aromatic nitrogens is 4. The molecule has 3 aromatic rings. The van der Waals surface area contributed by atoms with Gasteiger partial charge in [0, 0.05) is 11.3 Å². The van der Waals surface area contributed by atoms with Gasteiger partial charge in [-0.15, -0.1) is 10.2 Å². The zero-order valence-electron chi connectivity index (χ0n) is 10.7. The molecule has 0 unspecified atom stereocenters. The fraction of sp³-hybridized carbons (Fsp3) is 0.154. The highest BCUT2D eigenvalue weighted by molar-refractivity contribution is 5.63. The minimum atomic E-state index is -4.62. The number of hydrogen-bond acceptors (Lipinski definition) is 3. The number of fused-ring (bicyclic) bond motifs is 1. The second-order valence-corrected chi connectivity index (χ2v) is 4.41. The fourth-order valence-electron chi connectivity index (χ4n) is 2.11. The summed E-state index contributed by atoms with van der Waals surface area (Å²) in [6.07, 6.45) is -3.42. The minimum Gasteiger partial charge on any atom is -0.272 e. The summed E-state index contributed by atoms with van der Waals surface area (Å²) in [6, 6.07) is 5.34. The zero-order valence-corrected chi connectivity index (χ0v) is 10.7. The van der Waals surface area contributed by atoms with Gasteiger partial charge in [0.2, 0.25) is 5.82 Å². The van der Waals surface area contributed by atoms with Gasteiger partial charge in [0.15, 0.2) is 5.65 Å². The molecule has 21 heavy (non-hydrogen) atoms. The van der Waals surface area contributed by atoms with E-state index in [0.29, 0.717) is 11.3 Å². The van der Waals surface area contributed by atoms with E-state index in [1.165, 1.54) is 37.4 Å². The van der Waals surface area contributed by atoms with Crippen molar-refractivity contribution in [3.05, 3.63) is 47.8 Å². The molecule has 0 N–H and O–H groups in total. The van der Waals surface area contributed by atoms with E-state index in [0.717, 1.165) is 4.40 Å². The highest BCUT2D eigenvalue weighted by Crippen LogP contribution is 2.30. The van der Waals surface area contributed by atoms with E-state index in [2.05, 4.69) is 15.2 Å². The Kier molecular flexibility index (Phi) is 2.89. The van der Waals surface area contributed by atoms with Crippen LogP contribution in [0.5, 0.6) is 0 Å². The smallest absolute Gasteiger partial charge is 0.272 e. The first-order chi connectivity index (χ1) is 9.88. The van der Waals surface area contributed by atoms with Crippen LogP contribution in [0.3, 0.4) is 0 Å². The quantitative estimate of drug-likeness (QED) is 0.647. The molecule has 0 saturated heterocycles. The molecule has 0 saturated carbocycles. The van der Waals surface area contributed by atoms with Crippen molar-refractivity contribution in [1.82, 2.24) is 19.6 Å². The monoisotopic (exact) mass is 296 g/mol. The number of nitrogens with zero attached hydrogens (tertiary/aromatic N) is 4. The summed E-state index contributed by atoms with van der Waals surface area (Å²) in [5, 5.41) is 6.63. The second kappa shape index (κ2) is 4.51. The van der Waals surface area contributed by atoms with E-state index < -0.39 is 17.8 Å². The first-order valence-electron chi connectivity index (χ1n) is 5.92. The van der Waals surface area contributed by atoms with Gasteiger partial charge in [-0.2, -0.15) is 13.2 Å². The summed E-state index contributed by atoms with van der Waals surface area (Å²) >= 11 is 0. The third-order valence-corrected chi connectivity index (χ3v) is 3.05. The van der Waals surface area contributed by atoms with Crippen LogP contribution in [0.1, 0.15) is 11.5 Å². The Bertz CT molecular complexity index is 805. The van der Waals surface area contributed by atoms with E-state index in [4.69, 9.17) is 0 Å². The number of alkyl halides is 3. The lowest BCUT2D eigenvalue weighted by Crippen LogP contribution is -2.13. The van der Waals surface area contributed by atoms with E-state index in [1.807, 2.05) is 0 Å². The molecule has 0 aliphatic heterocycles. The summed E-state index contributed by atoms with van der Waals surface area (Å²) in [5.74, 6) is -1.54. The highest BCUT2D eigenvalue weighted by Gasteiger charge is 2.37. The van der Waals surface area contributed by atoms with E-state index in [9.17, 15) is 17.6 Å². The van der Waals surface area contributed by atoms with Crippen molar-refractivity contribution in [2.75, 3.05) is 0 Å². The van der Waals surface area contributed by atoms with Gasteiger partial charge in [-0.1, -0.05) is 0 Å². The molecule has 4 nitrogen and oxygen atoms in total. The number of halogens is 4. The van der Waals surface area contributed by atoms with Gasteiger partial charge >= 0.3 is 6.18 Å². The predicted molar refractivity (Wildman–Crippen MR) is 65.9 cm³/mol.